The number of hydrogen-bond donors (Lipinski definition) is 1. The van der Waals surface area contributed by atoms with Gasteiger partial charge in [-0.15, -0.1) is 0 Å². The highest BCUT2D eigenvalue weighted by atomic mass is 19.1. The summed E-state index contributed by atoms with van der Waals surface area (Å²) in [4.78, 5) is 10.7. The molecule has 1 rings (SSSR count). The molecule has 1 aromatic rings. The van der Waals surface area contributed by atoms with Gasteiger partial charge in [-0.2, -0.15) is 0 Å². The number of hydrogen-bond acceptors (Lipinski definition) is 3. The zero-order chi connectivity index (χ0) is 12.7. The first kappa shape index (κ1) is 13.6. The van der Waals surface area contributed by atoms with E-state index in [1.807, 2.05) is 0 Å². The average molecular weight is 242 g/mol. The number of halogens is 1. The minimum absolute atomic E-state index is 0.0661. The third-order valence-electron chi connectivity index (χ3n) is 2.20. The van der Waals surface area contributed by atoms with Gasteiger partial charge in [-0.05, 0) is 12.5 Å². The second-order valence-corrected chi connectivity index (χ2v) is 3.48. The Morgan fingerprint density at radius 3 is 2.82 bits per heavy atom. The van der Waals surface area contributed by atoms with E-state index in [0.717, 1.165) is 6.42 Å². The summed E-state index contributed by atoms with van der Waals surface area (Å²) in [5.74, 6) is -2.00. The normalized spacial score (nSPS) is 10.5. The average Bonchev–Trinajstić information content (AvgIpc) is 2.30. The number of ether oxygens (including phenoxy) is 2. The maximum atomic E-state index is 13.6. The smallest absolute Gasteiger partial charge is 0.338 e. The van der Waals surface area contributed by atoms with E-state index in [-0.39, 0.29) is 17.7 Å². The molecule has 0 atom stereocenters. The van der Waals surface area contributed by atoms with Crippen LogP contribution in [0.25, 0.3) is 0 Å². The predicted molar refractivity (Wildman–Crippen MR) is 59.5 cm³/mol. The molecule has 5 heteroatoms. The number of aromatic carboxylic acids is 1. The van der Waals surface area contributed by atoms with Gasteiger partial charge in [0.25, 0.3) is 0 Å². The maximum absolute atomic E-state index is 13.6. The van der Waals surface area contributed by atoms with Crippen molar-refractivity contribution in [3.8, 4) is 0 Å². The molecule has 0 heterocycles. The molecule has 0 saturated carbocycles. The van der Waals surface area contributed by atoms with Gasteiger partial charge in [-0.25, -0.2) is 9.18 Å². The van der Waals surface area contributed by atoms with Crippen LogP contribution >= 0.6 is 0 Å². The number of benzene rings is 1. The van der Waals surface area contributed by atoms with Crippen LogP contribution in [-0.2, 0) is 16.1 Å². The van der Waals surface area contributed by atoms with Crippen LogP contribution in [0.2, 0.25) is 0 Å². The molecule has 4 nitrogen and oxygen atoms in total. The molecule has 0 aliphatic carbocycles. The van der Waals surface area contributed by atoms with Gasteiger partial charge in [0.05, 0.1) is 12.2 Å². The molecule has 0 amide bonds. The number of methoxy groups -OCH3 is 1. The van der Waals surface area contributed by atoms with Crippen molar-refractivity contribution in [1.29, 1.82) is 0 Å². The Morgan fingerprint density at radius 1 is 1.41 bits per heavy atom. The largest absolute Gasteiger partial charge is 0.478 e. The van der Waals surface area contributed by atoms with Crippen LogP contribution in [0.4, 0.5) is 4.39 Å². The van der Waals surface area contributed by atoms with Crippen molar-refractivity contribution in [3.05, 3.63) is 35.1 Å². The van der Waals surface area contributed by atoms with Crippen LogP contribution < -0.4 is 0 Å². The Labute approximate surface area is 99.0 Å². The fourth-order valence-electron chi connectivity index (χ4n) is 1.34. The summed E-state index contributed by atoms with van der Waals surface area (Å²) in [5, 5.41) is 8.73. The molecule has 0 radical (unpaired) electrons. The summed E-state index contributed by atoms with van der Waals surface area (Å²) in [7, 11) is 1.59. The van der Waals surface area contributed by atoms with Gasteiger partial charge in [0.2, 0.25) is 0 Å². The lowest BCUT2D eigenvalue weighted by molar-refractivity contribution is 0.0689. The first-order valence-corrected chi connectivity index (χ1v) is 5.24. The van der Waals surface area contributed by atoms with E-state index in [1.165, 1.54) is 18.2 Å². The van der Waals surface area contributed by atoms with Crippen LogP contribution in [0, 0.1) is 5.82 Å². The summed E-state index contributed by atoms with van der Waals surface area (Å²) in [5.41, 5.74) is -0.0784. The van der Waals surface area contributed by atoms with Gasteiger partial charge in [0.1, 0.15) is 5.82 Å². The molecule has 0 unspecified atom stereocenters. The highest BCUT2D eigenvalue weighted by molar-refractivity contribution is 5.88. The molecule has 0 aliphatic heterocycles. The van der Waals surface area contributed by atoms with Crippen LogP contribution in [0.15, 0.2) is 18.2 Å². The second-order valence-electron chi connectivity index (χ2n) is 3.48. The quantitative estimate of drug-likeness (QED) is 0.744. The van der Waals surface area contributed by atoms with Crippen LogP contribution in [-0.4, -0.2) is 31.4 Å². The third-order valence-corrected chi connectivity index (χ3v) is 2.20. The van der Waals surface area contributed by atoms with E-state index in [9.17, 15) is 9.18 Å². The summed E-state index contributed by atoms with van der Waals surface area (Å²) in [6.45, 7) is 1.10. The van der Waals surface area contributed by atoms with Gasteiger partial charge >= 0.3 is 5.97 Å². The molecule has 0 spiro atoms. The van der Waals surface area contributed by atoms with Crippen LogP contribution in [0.5, 0.6) is 0 Å². The topological polar surface area (TPSA) is 55.8 Å². The van der Waals surface area contributed by atoms with E-state index in [4.69, 9.17) is 14.6 Å². The van der Waals surface area contributed by atoms with E-state index < -0.39 is 11.8 Å². The van der Waals surface area contributed by atoms with Crippen molar-refractivity contribution in [2.24, 2.45) is 0 Å². The number of carboxylic acids is 1. The monoisotopic (exact) mass is 242 g/mol. The molecule has 0 aromatic heterocycles. The highest BCUT2D eigenvalue weighted by Crippen LogP contribution is 2.14. The Hall–Kier alpha value is -1.46. The predicted octanol–water partition coefficient (Wildman–Crippen LogP) is 2.08. The molecular formula is C12H15FO4. The van der Waals surface area contributed by atoms with Crippen LogP contribution in [0.1, 0.15) is 22.3 Å². The zero-order valence-corrected chi connectivity index (χ0v) is 9.61. The fraction of sp³-hybridized carbons (Fsp3) is 0.417. The minimum Gasteiger partial charge on any atom is -0.478 e. The van der Waals surface area contributed by atoms with E-state index in [0.29, 0.717) is 13.2 Å². The molecule has 0 aliphatic rings. The Balaban J connectivity index is 2.54. The SMILES string of the molecule is COCCCOCc1cccc(C(=O)O)c1F. The molecule has 1 N–H and O–H groups in total. The first-order chi connectivity index (χ1) is 8.16. The van der Waals surface area contributed by atoms with E-state index >= 15 is 0 Å². The van der Waals surface area contributed by atoms with Gasteiger partial charge < -0.3 is 14.6 Å². The van der Waals surface area contributed by atoms with Gasteiger partial charge in [0, 0.05) is 25.9 Å². The Morgan fingerprint density at radius 2 is 2.18 bits per heavy atom. The van der Waals surface area contributed by atoms with E-state index in [1.54, 1.807) is 7.11 Å². The minimum atomic E-state index is -1.27. The molecule has 0 fully saturated rings. The number of carboxylic acid groups (broad SMARTS) is 1. The lowest BCUT2D eigenvalue weighted by atomic mass is 10.1. The molecular weight excluding hydrogens is 227 g/mol. The van der Waals surface area contributed by atoms with Crippen molar-refractivity contribution in [2.75, 3.05) is 20.3 Å². The van der Waals surface area contributed by atoms with Gasteiger partial charge in [-0.1, -0.05) is 12.1 Å². The molecule has 0 bridgehead atoms. The summed E-state index contributed by atoms with van der Waals surface area (Å²) < 4.78 is 23.7. The first-order valence-electron chi connectivity index (χ1n) is 5.24. The lowest BCUT2D eigenvalue weighted by Crippen LogP contribution is -2.06. The number of rotatable bonds is 7. The fourth-order valence-corrected chi connectivity index (χ4v) is 1.34. The second kappa shape index (κ2) is 6.98. The van der Waals surface area contributed by atoms with Crippen molar-refractivity contribution >= 4 is 5.97 Å². The van der Waals surface area contributed by atoms with Crippen molar-refractivity contribution < 1.29 is 23.8 Å². The Kier molecular flexibility index (Phi) is 5.59. The Bertz CT molecular complexity index is 379. The zero-order valence-electron chi connectivity index (χ0n) is 9.61. The van der Waals surface area contributed by atoms with E-state index in [2.05, 4.69) is 0 Å². The highest BCUT2D eigenvalue weighted by Gasteiger charge is 2.13. The maximum Gasteiger partial charge on any atom is 0.338 e. The molecule has 17 heavy (non-hydrogen) atoms. The molecule has 1 aromatic carbocycles. The van der Waals surface area contributed by atoms with Crippen LogP contribution in [0.3, 0.4) is 0 Å². The van der Waals surface area contributed by atoms with Gasteiger partial charge in [0.15, 0.2) is 0 Å². The summed E-state index contributed by atoms with van der Waals surface area (Å²) in [6, 6.07) is 4.24. The lowest BCUT2D eigenvalue weighted by Gasteiger charge is -2.06. The van der Waals surface area contributed by atoms with Crippen molar-refractivity contribution in [2.45, 2.75) is 13.0 Å². The standard InChI is InChI=1S/C12H15FO4/c1-16-6-3-7-17-8-9-4-2-5-10(11(9)13)12(14)15/h2,4-5H,3,6-8H2,1H3,(H,14,15). The molecule has 94 valence electrons. The third kappa shape index (κ3) is 4.13. The van der Waals surface area contributed by atoms with Crippen molar-refractivity contribution in [3.63, 3.8) is 0 Å². The van der Waals surface area contributed by atoms with Crippen molar-refractivity contribution in [1.82, 2.24) is 0 Å². The molecule has 0 saturated heterocycles. The summed E-state index contributed by atoms with van der Waals surface area (Å²) in [6.07, 6.45) is 0.719. The number of carbonyl (C=O) groups is 1. The summed E-state index contributed by atoms with van der Waals surface area (Å²) >= 11 is 0. The van der Waals surface area contributed by atoms with Gasteiger partial charge in [-0.3, -0.25) is 0 Å².